The zero-order chi connectivity index (χ0) is 16.9. The molecule has 0 aliphatic carbocycles. The zero-order valence-electron chi connectivity index (χ0n) is 14.1. The molecule has 0 fully saturated rings. The topological polar surface area (TPSA) is 50.1 Å². The van der Waals surface area contributed by atoms with Crippen molar-refractivity contribution in [2.75, 3.05) is 6.54 Å². The number of benzene rings is 2. The van der Waals surface area contributed by atoms with Crippen LogP contribution < -0.4 is 5.32 Å². The Morgan fingerprint density at radius 1 is 1.04 bits per heavy atom. The molecule has 2 aromatic carbocycles. The third-order valence-electron chi connectivity index (χ3n) is 4.13. The fourth-order valence-corrected chi connectivity index (χ4v) is 2.79. The van der Waals surface area contributed by atoms with Crippen LogP contribution >= 0.6 is 0 Å². The molecule has 24 heavy (non-hydrogen) atoms. The Morgan fingerprint density at radius 3 is 2.46 bits per heavy atom. The van der Waals surface area contributed by atoms with E-state index < -0.39 is 6.10 Å². The summed E-state index contributed by atoms with van der Waals surface area (Å²) in [4.78, 5) is 4.42. The molecule has 4 nitrogen and oxygen atoms in total. The van der Waals surface area contributed by atoms with E-state index in [1.165, 1.54) is 5.56 Å². The summed E-state index contributed by atoms with van der Waals surface area (Å²) in [5, 5.41) is 13.6. The summed E-state index contributed by atoms with van der Waals surface area (Å²) in [5.41, 5.74) is 4.31. The second-order valence-corrected chi connectivity index (χ2v) is 6.03. The first kappa shape index (κ1) is 16.4. The molecule has 1 heterocycles. The van der Waals surface area contributed by atoms with Gasteiger partial charge in [0.2, 0.25) is 0 Å². The molecule has 1 unspecified atom stereocenters. The SMILES string of the molecule is Cc1ccc(C(O)CNCc2cnc(C)n2-c2ccccc2)cc1. The summed E-state index contributed by atoms with van der Waals surface area (Å²) in [6, 6.07) is 18.2. The van der Waals surface area contributed by atoms with Gasteiger partial charge in [0.1, 0.15) is 5.82 Å². The van der Waals surface area contributed by atoms with E-state index in [2.05, 4.69) is 27.0 Å². The average Bonchev–Trinajstić information content (AvgIpc) is 2.97. The molecule has 3 aromatic rings. The summed E-state index contributed by atoms with van der Waals surface area (Å²) in [5.74, 6) is 0.956. The Bertz CT molecular complexity index is 778. The van der Waals surface area contributed by atoms with Gasteiger partial charge in [-0.1, -0.05) is 48.0 Å². The molecule has 0 radical (unpaired) electrons. The quantitative estimate of drug-likeness (QED) is 0.732. The molecule has 0 spiro atoms. The highest BCUT2D eigenvalue weighted by Crippen LogP contribution is 2.15. The lowest BCUT2D eigenvalue weighted by Gasteiger charge is -2.14. The van der Waals surface area contributed by atoms with Crippen molar-refractivity contribution in [1.82, 2.24) is 14.9 Å². The van der Waals surface area contributed by atoms with Gasteiger partial charge in [0, 0.05) is 18.8 Å². The molecule has 0 bridgehead atoms. The average molecular weight is 321 g/mol. The van der Waals surface area contributed by atoms with Crippen LogP contribution in [0.5, 0.6) is 0 Å². The van der Waals surface area contributed by atoms with Crippen LogP contribution in [0.3, 0.4) is 0 Å². The van der Waals surface area contributed by atoms with E-state index in [1.807, 2.05) is 62.5 Å². The van der Waals surface area contributed by atoms with Gasteiger partial charge in [0.05, 0.1) is 18.0 Å². The van der Waals surface area contributed by atoms with Crippen LogP contribution in [-0.2, 0) is 6.54 Å². The normalized spacial score (nSPS) is 12.3. The Kier molecular flexibility index (Phi) is 5.08. The number of hydrogen-bond donors (Lipinski definition) is 2. The van der Waals surface area contributed by atoms with E-state index in [1.54, 1.807) is 0 Å². The molecule has 2 N–H and O–H groups in total. The van der Waals surface area contributed by atoms with Crippen LogP contribution in [0.4, 0.5) is 0 Å². The summed E-state index contributed by atoms with van der Waals surface area (Å²) >= 11 is 0. The first-order valence-corrected chi connectivity index (χ1v) is 8.19. The van der Waals surface area contributed by atoms with E-state index in [4.69, 9.17) is 0 Å². The summed E-state index contributed by atoms with van der Waals surface area (Å²) < 4.78 is 2.13. The fraction of sp³-hybridized carbons (Fsp3) is 0.250. The van der Waals surface area contributed by atoms with Gasteiger partial charge in [-0.15, -0.1) is 0 Å². The van der Waals surface area contributed by atoms with Crippen LogP contribution in [0.15, 0.2) is 60.8 Å². The van der Waals surface area contributed by atoms with Crippen molar-refractivity contribution in [3.8, 4) is 5.69 Å². The lowest BCUT2D eigenvalue weighted by Crippen LogP contribution is -2.22. The lowest BCUT2D eigenvalue weighted by molar-refractivity contribution is 0.174. The van der Waals surface area contributed by atoms with E-state index in [9.17, 15) is 5.11 Å². The first-order chi connectivity index (χ1) is 11.6. The maximum absolute atomic E-state index is 10.3. The molecule has 4 heteroatoms. The molecule has 124 valence electrons. The van der Waals surface area contributed by atoms with Crippen molar-refractivity contribution in [3.05, 3.63) is 83.4 Å². The van der Waals surface area contributed by atoms with Crippen LogP contribution in [0.25, 0.3) is 5.69 Å². The minimum absolute atomic E-state index is 0.502. The number of aliphatic hydroxyl groups is 1. The van der Waals surface area contributed by atoms with Crippen LogP contribution in [0.1, 0.15) is 28.7 Å². The van der Waals surface area contributed by atoms with Crippen molar-refractivity contribution < 1.29 is 5.11 Å². The second-order valence-electron chi connectivity index (χ2n) is 6.03. The van der Waals surface area contributed by atoms with E-state index in [0.29, 0.717) is 13.1 Å². The molecular formula is C20H23N3O. The molecular weight excluding hydrogens is 298 g/mol. The van der Waals surface area contributed by atoms with Gasteiger partial charge in [0.25, 0.3) is 0 Å². The highest BCUT2D eigenvalue weighted by atomic mass is 16.3. The number of aliphatic hydroxyl groups excluding tert-OH is 1. The van der Waals surface area contributed by atoms with Crippen LogP contribution in [0.2, 0.25) is 0 Å². The third-order valence-corrected chi connectivity index (χ3v) is 4.13. The predicted octanol–water partition coefficient (Wildman–Crippen LogP) is 3.31. The fourth-order valence-electron chi connectivity index (χ4n) is 2.79. The van der Waals surface area contributed by atoms with Crippen LogP contribution in [0, 0.1) is 13.8 Å². The number of para-hydroxylation sites is 1. The van der Waals surface area contributed by atoms with Crippen molar-refractivity contribution in [3.63, 3.8) is 0 Å². The van der Waals surface area contributed by atoms with E-state index in [-0.39, 0.29) is 0 Å². The molecule has 0 saturated heterocycles. The monoisotopic (exact) mass is 321 g/mol. The van der Waals surface area contributed by atoms with Gasteiger partial charge in [-0.25, -0.2) is 4.98 Å². The van der Waals surface area contributed by atoms with Gasteiger partial charge in [-0.05, 0) is 31.5 Å². The molecule has 0 aliphatic rings. The van der Waals surface area contributed by atoms with Gasteiger partial charge >= 0.3 is 0 Å². The number of rotatable bonds is 6. The van der Waals surface area contributed by atoms with Gasteiger partial charge in [0.15, 0.2) is 0 Å². The number of imidazole rings is 1. The van der Waals surface area contributed by atoms with Crippen LogP contribution in [-0.4, -0.2) is 21.2 Å². The molecule has 1 atom stereocenters. The first-order valence-electron chi connectivity index (χ1n) is 8.19. The van der Waals surface area contributed by atoms with Gasteiger partial charge < -0.3 is 10.4 Å². The van der Waals surface area contributed by atoms with E-state index in [0.717, 1.165) is 22.8 Å². The highest BCUT2D eigenvalue weighted by molar-refractivity contribution is 5.35. The number of hydrogen-bond acceptors (Lipinski definition) is 3. The van der Waals surface area contributed by atoms with Gasteiger partial charge in [-0.2, -0.15) is 0 Å². The Morgan fingerprint density at radius 2 is 1.75 bits per heavy atom. The summed E-state index contributed by atoms with van der Waals surface area (Å²) in [6.07, 6.45) is 1.37. The molecule has 0 amide bonds. The van der Waals surface area contributed by atoms with Crippen molar-refractivity contribution in [2.24, 2.45) is 0 Å². The smallest absolute Gasteiger partial charge is 0.110 e. The van der Waals surface area contributed by atoms with E-state index >= 15 is 0 Å². The minimum atomic E-state index is -0.514. The number of nitrogens with one attached hydrogen (secondary N) is 1. The molecule has 1 aromatic heterocycles. The maximum atomic E-state index is 10.3. The Hall–Kier alpha value is -2.43. The van der Waals surface area contributed by atoms with Gasteiger partial charge in [-0.3, -0.25) is 4.57 Å². The molecule has 0 aliphatic heterocycles. The Labute approximate surface area is 142 Å². The number of aryl methyl sites for hydroxylation is 2. The maximum Gasteiger partial charge on any atom is 0.110 e. The summed E-state index contributed by atoms with van der Waals surface area (Å²) in [7, 11) is 0. The largest absolute Gasteiger partial charge is 0.387 e. The van der Waals surface area contributed by atoms with Crippen molar-refractivity contribution in [2.45, 2.75) is 26.5 Å². The molecule has 3 rings (SSSR count). The number of nitrogens with zero attached hydrogens (tertiary/aromatic N) is 2. The van der Waals surface area contributed by atoms with Crippen molar-refractivity contribution in [1.29, 1.82) is 0 Å². The minimum Gasteiger partial charge on any atom is -0.387 e. The zero-order valence-corrected chi connectivity index (χ0v) is 14.1. The molecule has 0 saturated carbocycles. The number of aromatic nitrogens is 2. The predicted molar refractivity (Wildman–Crippen MR) is 96.1 cm³/mol. The standard InChI is InChI=1S/C20H23N3O/c1-15-8-10-17(11-9-15)20(24)14-21-12-19-13-22-16(2)23(19)18-6-4-3-5-7-18/h3-11,13,20-21,24H,12,14H2,1-2H3. The summed E-state index contributed by atoms with van der Waals surface area (Å²) in [6.45, 7) is 5.19. The third kappa shape index (κ3) is 3.72. The van der Waals surface area contributed by atoms with Crippen molar-refractivity contribution >= 4 is 0 Å². The second kappa shape index (κ2) is 7.43. The lowest BCUT2D eigenvalue weighted by atomic mass is 10.1. The Balaban J connectivity index is 1.64. The highest BCUT2D eigenvalue weighted by Gasteiger charge is 2.10.